The van der Waals surface area contributed by atoms with Gasteiger partial charge in [-0.05, 0) is 47.9 Å². The number of amides is 4. The Bertz CT molecular complexity index is 1470. The molecule has 0 unspecified atom stereocenters. The fraction of sp³-hybridized carbons (Fsp3) is 0.263. The van der Waals surface area contributed by atoms with Crippen LogP contribution < -0.4 is 21.7 Å². The molecule has 2 aliphatic rings. The zero-order chi connectivity index (χ0) is 32.0. The Morgan fingerprint density at radius 2 is 0.739 bits per heavy atom. The molecule has 8 heteroatoms. The SMILES string of the molecule is O=C(CCCCC(=O)NNC(=O)[C@@H]1CC1(c1ccccc1)c1ccccc1)NNC(=O)[C@@H]1CC1(c1ccccc1)c1ccccc1. The summed E-state index contributed by atoms with van der Waals surface area (Å²) in [5.74, 6) is -1.68. The Labute approximate surface area is 268 Å². The van der Waals surface area contributed by atoms with E-state index in [-0.39, 0.29) is 48.3 Å². The highest BCUT2D eigenvalue weighted by atomic mass is 16.2. The van der Waals surface area contributed by atoms with Crippen LogP contribution in [0.25, 0.3) is 0 Å². The molecule has 2 atom stereocenters. The van der Waals surface area contributed by atoms with Crippen molar-refractivity contribution in [1.29, 1.82) is 0 Å². The molecule has 0 aliphatic heterocycles. The summed E-state index contributed by atoms with van der Waals surface area (Å²) in [7, 11) is 0. The quantitative estimate of drug-likeness (QED) is 0.143. The number of benzene rings is 4. The van der Waals surface area contributed by atoms with E-state index in [1.165, 1.54) is 0 Å². The minimum absolute atomic E-state index is 0.159. The number of hydrazine groups is 2. The van der Waals surface area contributed by atoms with Crippen LogP contribution in [0.15, 0.2) is 121 Å². The van der Waals surface area contributed by atoms with Gasteiger partial charge in [0.05, 0.1) is 11.8 Å². The summed E-state index contributed by atoms with van der Waals surface area (Å²) >= 11 is 0. The van der Waals surface area contributed by atoms with Crippen LogP contribution in [0.4, 0.5) is 0 Å². The maximum Gasteiger partial charge on any atom is 0.242 e. The van der Waals surface area contributed by atoms with E-state index in [1.54, 1.807) is 0 Å². The lowest BCUT2D eigenvalue weighted by molar-refractivity contribution is -0.130. The molecule has 0 radical (unpaired) electrons. The first-order chi connectivity index (χ1) is 22.4. The largest absolute Gasteiger partial charge is 0.273 e. The smallest absolute Gasteiger partial charge is 0.242 e. The molecule has 0 aromatic heterocycles. The molecule has 4 amide bonds. The molecule has 0 spiro atoms. The van der Waals surface area contributed by atoms with Crippen molar-refractivity contribution in [2.75, 3.05) is 0 Å². The Balaban J connectivity index is 0.914. The topological polar surface area (TPSA) is 116 Å². The molecule has 46 heavy (non-hydrogen) atoms. The first-order valence-electron chi connectivity index (χ1n) is 15.8. The molecule has 2 aliphatic carbocycles. The third-order valence-corrected chi connectivity index (χ3v) is 9.42. The molecule has 0 saturated heterocycles. The molecule has 4 aromatic carbocycles. The Morgan fingerprint density at radius 3 is 1.02 bits per heavy atom. The first-order valence-corrected chi connectivity index (χ1v) is 15.8. The molecular formula is C38H38N4O4. The van der Waals surface area contributed by atoms with E-state index >= 15 is 0 Å². The summed E-state index contributed by atoms with van der Waals surface area (Å²) in [6.07, 6.45) is 2.55. The Kier molecular flexibility index (Phi) is 8.97. The summed E-state index contributed by atoms with van der Waals surface area (Å²) in [6, 6.07) is 39.9. The maximum atomic E-state index is 13.1. The average Bonchev–Trinajstić information content (AvgIpc) is 4.04. The maximum absolute atomic E-state index is 13.1. The summed E-state index contributed by atoms with van der Waals surface area (Å²) < 4.78 is 0. The number of rotatable bonds is 11. The van der Waals surface area contributed by atoms with Gasteiger partial charge < -0.3 is 0 Å². The number of hydrogen-bond acceptors (Lipinski definition) is 4. The molecule has 2 saturated carbocycles. The number of carbonyl (C=O) groups is 4. The molecule has 4 aromatic rings. The molecule has 0 heterocycles. The van der Waals surface area contributed by atoms with Gasteiger partial charge >= 0.3 is 0 Å². The van der Waals surface area contributed by atoms with Gasteiger partial charge in [-0.25, -0.2) is 0 Å². The molecule has 8 nitrogen and oxygen atoms in total. The van der Waals surface area contributed by atoms with Gasteiger partial charge in [0.25, 0.3) is 0 Å². The zero-order valence-corrected chi connectivity index (χ0v) is 25.6. The molecule has 234 valence electrons. The van der Waals surface area contributed by atoms with Crippen LogP contribution in [-0.4, -0.2) is 23.6 Å². The van der Waals surface area contributed by atoms with Crippen molar-refractivity contribution < 1.29 is 19.2 Å². The van der Waals surface area contributed by atoms with E-state index in [9.17, 15) is 19.2 Å². The normalized spacial score (nSPS) is 18.4. The number of hydrogen-bond donors (Lipinski definition) is 4. The molecule has 6 rings (SSSR count). The monoisotopic (exact) mass is 614 g/mol. The van der Waals surface area contributed by atoms with E-state index < -0.39 is 10.8 Å². The van der Waals surface area contributed by atoms with Crippen LogP contribution in [0.5, 0.6) is 0 Å². The fourth-order valence-electron chi connectivity index (χ4n) is 6.84. The van der Waals surface area contributed by atoms with Crippen molar-refractivity contribution in [1.82, 2.24) is 21.7 Å². The third-order valence-electron chi connectivity index (χ3n) is 9.42. The highest BCUT2D eigenvalue weighted by molar-refractivity contribution is 5.89. The average molecular weight is 615 g/mol. The number of unbranched alkanes of at least 4 members (excludes halogenated alkanes) is 1. The second kappa shape index (κ2) is 13.4. The predicted molar refractivity (Wildman–Crippen MR) is 175 cm³/mol. The zero-order valence-electron chi connectivity index (χ0n) is 25.6. The lowest BCUT2D eigenvalue weighted by atomic mass is 9.85. The van der Waals surface area contributed by atoms with E-state index in [0.29, 0.717) is 25.7 Å². The molecule has 0 bridgehead atoms. The van der Waals surface area contributed by atoms with E-state index in [4.69, 9.17) is 0 Å². The number of carbonyl (C=O) groups excluding carboxylic acids is 4. The molecule has 4 N–H and O–H groups in total. The Morgan fingerprint density at radius 1 is 0.457 bits per heavy atom. The van der Waals surface area contributed by atoms with Crippen LogP contribution in [0.1, 0.15) is 60.8 Å². The van der Waals surface area contributed by atoms with E-state index in [0.717, 1.165) is 22.3 Å². The second-order valence-corrected chi connectivity index (χ2v) is 12.2. The van der Waals surface area contributed by atoms with Gasteiger partial charge in [-0.3, -0.25) is 40.9 Å². The van der Waals surface area contributed by atoms with Gasteiger partial charge in [0.2, 0.25) is 23.6 Å². The van der Waals surface area contributed by atoms with Crippen molar-refractivity contribution in [2.45, 2.75) is 49.4 Å². The fourth-order valence-corrected chi connectivity index (χ4v) is 6.84. The van der Waals surface area contributed by atoms with Gasteiger partial charge in [-0.1, -0.05) is 121 Å². The second-order valence-electron chi connectivity index (χ2n) is 12.2. The van der Waals surface area contributed by atoms with Gasteiger partial charge in [-0.2, -0.15) is 0 Å². The lowest BCUT2D eigenvalue weighted by Crippen LogP contribution is -2.43. The summed E-state index contributed by atoms with van der Waals surface area (Å²) in [4.78, 5) is 51.0. The first kappa shape index (κ1) is 30.8. The van der Waals surface area contributed by atoms with E-state index in [2.05, 4.69) is 21.7 Å². The third kappa shape index (κ3) is 6.29. The van der Waals surface area contributed by atoms with Crippen molar-refractivity contribution in [3.05, 3.63) is 144 Å². The summed E-state index contributed by atoms with van der Waals surface area (Å²) in [6.45, 7) is 0. The van der Waals surface area contributed by atoms with Crippen LogP contribution in [0, 0.1) is 11.8 Å². The minimum Gasteiger partial charge on any atom is -0.273 e. The van der Waals surface area contributed by atoms with Gasteiger partial charge in [-0.15, -0.1) is 0 Å². The highest BCUT2D eigenvalue weighted by Gasteiger charge is 2.61. The summed E-state index contributed by atoms with van der Waals surface area (Å²) in [5.41, 5.74) is 13.7. The predicted octanol–water partition coefficient (Wildman–Crippen LogP) is 4.85. The van der Waals surface area contributed by atoms with Crippen LogP contribution >= 0.6 is 0 Å². The van der Waals surface area contributed by atoms with Crippen molar-refractivity contribution in [3.8, 4) is 0 Å². The lowest BCUT2D eigenvalue weighted by Gasteiger charge is -2.19. The van der Waals surface area contributed by atoms with Gasteiger partial charge in [0.1, 0.15) is 0 Å². The van der Waals surface area contributed by atoms with Crippen LogP contribution in [-0.2, 0) is 30.0 Å². The summed E-state index contributed by atoms with van der Waals surface area (Å²) in [5, 5.41) is 0. The highest BCUT2D eigenvalue weighted by Crippen LogP contribution is 2.59. The van der Waals surface area contributed by atoms with E-state index in [1.807, 2.05) is 121 Å². The van der Waals surface area contributed by atoms with Crippen LogP contribution in [0.2, 0.25) is 0 Å². The van der Waals surface area contributed by atoms with Crippen molar-refractivity contribution >= 4 is 23.6 Å². The van der Waals surface area contributed by atoms with Gasteiger partial charge in [0, 0.05) is 23.7 Å². The van der Waals surface area contributed by atoms with Crippen molar-refractivity contribution in [2.24, 2.45) is 11.8 Å². The van der Waals surface area contributed by atoms with Crippen molar-refractivity contribution in [3.63, 3.8) is 0 Å². The minimum atomic E-state index is -0.412. The Hall–Kier alpha value is -5.24. The van der Waals surface area contributed by atoms with Gasteiger partial charge in [0.15, 0.2) is 0 Å². The standard InChI is InChI=1S/C38H38N4O4/c43-33(39-41-35(45)31-25-37(31,27-15-5-1-6-16-27)28-17-7-2-8-18-28)23-13-14-24-34(44)40-42-36(46)32-26-38(32,29-19-9-3-10-20-29)30-21-11-4-12-22-30/h1-12,15-22,31-32H,13-14,23-26H2,(H,39,43)(H,40,44)(H,41,45)(H,42,46)/t31-,32-/m0/s1. The van der Waals surface area contributed by atoms with Crippen LogP contribution in [0.3, 0.4) is 0 Å². The molecular weight excluding hydrogens is 576 g/mol. The number of nitrogens with one attached hydrogen (secondary N) is 4. The molecule has 2 fully saturated rings.